The number of esters is 2. The van der Waals surface area contributed by atoms with E-state index in [-0.39, 0.29) is 23.8 Å². The van der Waals surface area contributed by atoms with Crippen molar-refractivity contribution in [2.45, 2.75) is 0 Å². The van der Waals surface area contributed by atoms with Gasteiger partial charge < -0.3 is 4.74 Å². The molecule has 3 nitrogen and oxygen atoms in total. The summed E-state index contributed by atoms with van der Waals surface area (Å²) < 4.78 is 4.86. The Bertz CT molecular complexity index is 407. The standard InChI is InChI=1S/C12H10O3/c13-11-9-7-3-1-2-5(7)6(2)8(4(1)3)10(9)12(14)15-11/h1-10H/t1?,2?,3-,4+,5-,6+,7?,8?,9-,10-/m0/s1. The van der Waals surface area contributed by atoms with Crippen LogP contribution < -0.4 is 0 Å². The molecule has 8 atom stereocenters. The Morgan fingerprint density at radius 3 is 1.33 bits per heavy atom. The summed E-state index contributed by atoms with van der Waals surface area (Å²) in [6, 6.07) is 0. The van der Waals surface area contributed by atoms with E-state index < -0.39 is 0 Å². The van der Waals surface area contributed by atoms with Gasteiger partial charge in [-0.2, -0.15) is 0 Å². The van der Waals surface area contributed by atoms with Gasteiger partial charge in [0.05, 0.1) is 11.8 Å². The number of cyclic esters (lactones) is 2. The molecular weight excluding hydrogens is 192 g/mol. The second-order valence-electron chi connectivity index (χ2n) is 6.41. The lowest BCUT2D eigenvalue weighted by atomic mass is 9.59. The van der Waals surface area contributed by atoms with E-state index in [1.807, 2.05) is 0 Å². The fourth-order valence-electron chi connectivity index (χ4n) is 6.64. The number of carbonyl (C=O) groups excluding carboxylic acids is 2. The molecule has 1 aliphatic heterocycles. The molecule has 6 aliphatic carbocycles. The van der Waals surface area contributed by atoms with Crippen molar-refractivity contribution in [3.8, 4) is 0 Å². The van der Waals surface area contributed by atoms with Gasteiger partial charge in [0.25, 0.3) is 0 Å². The van der Waals surface area contributed by atoms with Gasteiger partial charge in [0.15, 0.2) is 0 Å². The lowest BCUT2D eigenvalue weighted by Gasteiger charge is -2.40. The van der Waals surface area contributed by atoms with Gasteiger partial charge in [-0.05, 0) is 47.3 Å². The third-order valence-electron chi connectivity index (χ3n) is 6.57. The second kappa shape index (κ2) is 1.48. The molecule has 1 heterocycles. The van der Waals surface area contributed by atoms with Gasteiger partial charge >= 0.3 is 11.9 Å². The third-order valence-corrected chi connectivity index (χ3v) is 6.57. The Labute approximate surface area is 86.2 Å². The summed E-state index contributed by atoms with van der Waals surface area (Å²) in [7, 11) is 0. The average molecular weight is 202 g/mol. The lowest BCUT2D eigenvalue weighted by molar-refractivity contribution is -0.154. The molecule has 1 saturated heterocycles. The predicted molar refractivity (Wildman–Crippen MR) is 46.0 cm³/mol. The normalized spacial score (nSPS) is 78.1. The van der Waals surface area contributed by atoms with Crippen LogP contribution in [0.5, 0.6) is 0 Å². The molecule has 2 bridgehead atoms. The topological polar surface area (TPSA) is 43.4 Å². The van der Waals surface area contributed by atoms with Crippen LogP contribution in [0.15, 0.2) is 0 Å². The highest BCUT2D eigenvalue weighted by Crippen LogP contribution is 2.93. The van der Waals surface area contributed by atoms with Gasteiger partial charge in [-0.1, -0.05) is 0 Å². The minimum absolute atomic E-state index is 0.0116. The predicted octanol–water partition coefficient (Wildman–Crippen LogP) is 0.300. The number of hydrogen-bond donors (Lipinski definition) is 0. The zero-order valence-corrected chi connectivity index (χ0v) is 8.00. The van der Waals surface area contributed by atoms with Gasteiger partial charge in [-0.3, -0.25) is 9.59 Å². The molecule has 7 fully saturated rings. The molecule has 3 heteroatoms. The van der Waals surface area contributed by atoms with E-state index in [1.54, 1.807) is 0 Å². The van der Waals surface area contributed by atoms with Crippen LogP contribution in [0.4, 0.5) is 0 Å². The van der Waals surface area contributed by atoms with Crippen molar-refractivity contribution in [3.05, 3.63) is 0 Å². The fourth-order valence-corrected chi connectivity index (χ4v) is 6.64. The second-order valence-corrected chi connectivity index (χ2v) is 6.41. The van der Waals surface area contributed by atoms with E-state index in [1.165, 1.54) is 0 Å². The van der Waals surface area contributed by atoms with Crippen LogP contribution in [-0.4, -0.2) is 11.9 Å². The van der Waals surface area contributed by atoms with Gasteiger partial charge in [-0.15, -0.1) is 0 Å². The van der Waals surface area contributed by atoms with E-state index in [0.29, 0.717) is 11.8 Å². The maximum Gasteiger partial charge on any atom is 0.317 e. The Morgan fingerprint density at radius 1 is 0.600 bits per heavy atom. The van der Waals surface area contributed by atoms with Crippen LogP contribution in [0.25, 0.3) is 0 Å². The Morgan fingerprint density at radius 2 is 0.933 bits per heavy atom. The quantitative estimate of drug-likeness (QED) is 0.419. The van der Waals surface area contributed by atoms with Crippen molar-refractivity contribution in [2.75, 3.05) is 0 Å². The Hall–Kier alpha value is -0.860. The highest BCUT2D eigenvalue weighted by molar-refractivity contribution is 5.98. The molecule has 0 aromatic heterocycles. The van der Waals surface area contributed by atoms with Gasteiger partial charge in [0.1, 0.15) is 0 Å². The Balaban J connectivity index is 1.65. The van der Waals surface area contributed by atoms with Crippen molar-refractivity contribution in [2.24, 2.45) is 59.2 Å². The summed E-state index contributed by atoms with van der Waals surface area (Å²) in [5.74, 6) is 5.90. The average Bonchev–Trinajstić information content (AvgIpc) is 2.99. The van der Waals surface area contributed by atoms with Gasteiger partial charge in [-0.25, -0.2) is 0 Å². The molecule has 7 aliphatic rings. The summed E-state index contributed by atoms with van der Waals surface area (Å²) in [4.78, 5) is 23.4. The number of ether oxygens (including phenoxy) is 1. The lowest BCUT2D eigenvalue weighted by Crippen LogP contribution is -2.45. The summed E-state index contributed by atoms with van der Waals surface area (Å²) in [5, 5.41) is 0. The largest absolute Gasteiger partial charge is 0.393 e. The fraction of sp³-hybridized carbons (Fsp3) is 0.833. The van der Waals surface area contributed by atoms with E-state index in [9.17, 15) is 9.59 Å². The summed E-state index contributed by atoms with van der Waals surface area (Å²) in [6.07, 6.45) is 0. The molecule has 0 aromatic carbocycles. The highest BCUT2D eigenvalue weighted by Gasteiger charge is 2.93. The van der Waals surface area contributed by atoms with Crippen molar-refractivity contribution < 1.29 is 14.3 Å². The van der Waals surface area contributed by atoms with Crippen molar-refractivity contribution in [1.29, 1.82) is 0 Å². The monoisotopic (exact) mass is 202 g/mol. The maximum absolute atomic E-state index is 11.7. The molecule has 0 amide bonds. The molecule has 15 heavy (non-hydrogen) atoms. The third kappa shape index (κ3) is 0.409. The first-order valence-corrected chi connectivity index (χ1v) is 6.06. The number of carbonyl (C=O) groups is 2. The van der Waals surface area contributed by atoms with Crippen LogP contribution in [0.2, 0.25) is 0 Å². The minimum Gasteiger partial charge on any atom is -0.393 e. The smallest absolute Gasteiger partial charge is 0.317 e. The van der Waals surface area contributed by atoms with Crippen molar-refractivity contribution in [1.82, 2.24) is 0 Å². The molecule has 76 valence electrons. The van der Waals surface area contributed by atoms with E-state index in [0.717, 1.165) is 35.5 Å². The number of rotatable bonds is 0. The van der Waals surface area contributed by atoms with Crippen LogP contribution in [0.3, 0.4) is 0 Å². The zero-order chi connectivity index (χ0) is 9.64. The van der Waals surface area contributed by atoms with Crippen LogP contribution >= 0.6 is 0 Å². The van der Waals surface area contributed by atoms with Crippen molar-refractivity contribution in [3.63, 3.8) is 0 Å². The molecule has 0 aromatic rings. The summed E-state index contributed by atoms with van der Waals surface area (Å²) in [5.41, 5.74) is 0. The maximum atomic E-state index is 11.7. The molecule has 7 rings (SSSR count). The van der Waals surface area contributed by atoms with E-state index in [2.05, 4.69) is 0 Å². The summed E-state index contributed by atoms with van der Waals surface area (Å²) >= 11 is 0. The van der Waals surface area contributed by atoms with Gasteiger partial charge in [0.2, 0.25) is 0 Å². The van der Waals surface area contributed by atoms with Gasteiger partial charge in [0, 0.05) is 0 Å². The van der Waals surface area contributed by atoms with E-state index in [4.69, 9.17) is 4.74 Å². The SMILES string of the molecule is O=C1OC(=O)[C@H]2C3[C@@H]4C5C6[C@H](C([C@@H]54)[C@H]12)[C@@H]63. The van der Waals surface area contributed by atoms with Crippen LogP contribution in [0, 0.1) is 59.2 Å². The molecule has 2 unspecified atom stereocenters. The Kier molecular flexibility index (Phi) is 0.659. The van der Waals surface area contributed by atoms with Crippen molar-refractivity contribution >= 4 is 11.9 Å². The first-order chi connectivity index (χ1) is 7.30. The molecular formula is C12H10O3. The first kappa shape index (κ1) is 6.66. The van der Waals surface area contributed by atoms with Crippen LogP contribution in [-0.2, 0) is 14.3 Å². The zero-order valence-electron chi connectivity index (χ0n) is 8.00. The minimum atomic E-state index is -0.185. The number of hydrogen-bond acceptors (Lipinski definition) is 3. The van der Waals surface area contributed by atoms with E-state index >= 15 is 0 Å². The van der Waals surface area contributed by atoms with Crippen LogP contribution in [0.1, 0.15) is 0 Å². The highest BCUT2D eigenvalue weighted by atomic mass is 16.6. The first-order valence-electron chi connectivity index (χ1n) is 6.06. The molecule has 0 radical (unpaired) electrons. The molecule has 6 saturated carbocycles. The molecule has 0 N–H and O–H groups in total. The summed E-state index contributed by atoms with van der Waals surface area (Å²) in [6.45, 7) is 0. The molecule has 0 spiro atoms.